The number of nitrogens with zero attached hydrogens (tertiary/aromatic N) is 3. The van der Waals surface area contributed by atoms with Gasteiger partial charge in [-0.3, -0.25) is 5.10 Å². The molecule has 0 unspecified atom stereocenters. The van der Waals surface area contributed by atoms with Crippen LogP contribution in [0.15, 0.2) is 30.5 Å². The number of aliphatic hydroxyl groups excluding tert-OH is 2. The Labute approximate surface area is 126 Å². The Hall–Kier alpha value is -2.71. The maximum atomic E-state index is 9.43. The quantitative estimate of drug-likeness (QED) is 0.459. The molecule has 0 aliphatic rings. The van der Waals surface area contributed by atoms with Crippen LogP contribution in [0, 0.1) is 0 Å². The van der Waals surface area contributed by atoms with Gasteiger partial charge in [0.05, 0.1) is 23.9 Å². The second kappa shape index (κ2) is 5.96. The van der Waals surface area contributed by atoms with Gasteiger partial charge in [0, 0.05) is 23.7 Å². The number of aromatic nitrogens is 4. The average molecular weight is 300 g/mol. The van der Waals surface area contributed by atoms with E-state index in [4.69, 9.17) is 10.8 Å². The van der Waals surface area contributed by atoms with Crippen LogP contribution < -0.4 is 11.1 Å². The maximum absolute atomic E-state index is 9.43. The van der Waals surface area contributed by atoms with Crippen LogP contribution >= 0.6 is 0 Å². The van der Waals surface area contributed by atoms with E-state index in [0.717, 1.165) is 16.6 Å². The molecular weight excluding hydrogens is 284 g/mol. The van der Waals surface area contributed by atoms with Crippen LogP contribution in [0.25, 0.3) is 22.2 Å². The summed E-state index contributed by atoms with van der Waals surface area (Å²) in [4.78, 5) is 8.38. The van der Waals surface area contributed by atoms with Gasteiger partial charge in [0.2, 0.25) is 5.95 Å². The number of hydrogen-bond acceptors (Lipinski definition) is 7. The van der Waals surface area contributed by atoms with E-state index in [9.17, 15) is 5.11 Å². The molecule has 6 N–H and O–H groups in total. The number of anilines is 2. The summed E-state index contributed by atoms with van der Waals surface area (Å²) in [5.41, 5.74) is 8.23. The number of fused-ring (bicyclic) bond motifs is 1. The molecule has 0 bridgehead atoms. The molecule has 0 amide bonds. The second-order valence-corrected chi connectivity index (χ2v) is 4.85. The highest BCUT2D eigenvalue weighted by Gasteiger charge is 2.10. The molecule has 0 saturated carbocycles. The summed E-state index contributed by atoms with van der Waals surface area (Å²) < 4.78 is 0. The van der Waals surface area contributed by atoms with Gasteiger partial charge in [-0.2, -0.15) is 10.1 Å². The van der Waals surface area contributed by atoms with Crippen molar-refractivity contribution in [1.29, 1.82) is 0 Å². The van der Waals surface area contributed by atoms with Crippen LogP contribution in [0.1, 0.15) is 0 Å². The number of nitrogen functional groups attached to an aromatic ring is 1. The van der Waals surface area contributed by atoms with Crippen LogP contribution in [0.3, 0.4) is 0 Å². The van der Waals surface area contributed by atoms with Crippen molar-refractivity contribution in [3.63, 3.8) is 0 Å². The van der Waals surface area contributed by atoms with Gasteiger partial charge in [0.15, 0.2) is 0 Å². The molecule has 0 fully saturated rings. The third kappa shape index (κ3) is 2.83. The first-order valence-electron chi connectivity index (χ1n) is 6.77. The minimum absolute atomic E-state index is 0.134. The highest BCUT2D eigenvalue weighted by atomic mass is 16.3. The Morgan fingerprint density at radius 2 is 2.14 bits per heavy atom. The van der Waals surface area contributed by atoms with Gasteiger partial charge in [0.1, 0.15) is 5.82 Å². The summed E-state index contributed by atoms with van der Waals surface area (Å²) >= 11 is 0. The molecule has 0 radical (unpaired) electrons. The zero-order valence-corrected chi connectivity index (χ0v) is 11.7. The summed E-state index contributed by atoms with van der Waals surface area (Å²) in [7, 11) is 0. The zero-order chi connectivity index (χ0) is 15.5. The Morgan fingerprint density at radius 3 is 2.86 bits per heavy atom. The molecule has 2 heterocycles. The fraction of sp³-hybridized carbons (Fsp3) is 0.214. The lowest BCUT2D eigenvalue weighted by Gasteiger charge is -2.12. The number of rotatable bonds is 5. The van der Waals surface area contributed by atoms with Gasteiger partial charge in [-0.25, -0.2) is 4.98 Å². The average Bonchev–Trinajstić information content (AvgIpc) is 3.05. The van der Waals surface area contributed by atoms with Gasteiger partial charge in [0.25, 0.3) is 0 Å². The molecule has 3 rings (SSSR count). The molecule has 3 aromatic rings. The molecule has 8 nitrogen and oxygen atoms in total. The van der Waals surface area contributed by atoms with Crippen molar-refractivity contribution in [2.24, 2.45) is 0 Å². The normalized spacial score (nSPS) is 12.5. The standard InChI is InChI=1S/C14H16N6O2/c15-14-18-12-5-8(11-3-4-17-20-11)1-2-10(12)13(19-14)16-6-9(22)7-21/h1-5,9,21-22H,6-7H2,(H,17,20)(H3,15,16,18,19)/t9-/m0/s1. The van der Waals surface area contributed by atoms with E-state index >= 15 is 0 Å². The monoisotopic (exact) mass is 300 g/mol. The highest BCUT2D eigenvalue weighted by Crippen LogP contribution is 2.26. The van der Waals surface area contributed by atoms with E-state index in [1.54, 1.807) is 6.20 Å². The lowest BCUT2D eigenvalue weighted by Crippen LogP contribution is -2.23. The predicted molar refractivity (Wildman–Crippen MR) is 83.1 cm³/mol. The van der Waals surface area contributed by atoms with Gasteiger partial charge >= 0.3 is 0 Å². The maximum Gasteiger partial charge on any atom is 0.222 e. The van der Waals surface area contributed by atoms with Crippen molar-refractivity contribution < 1.29 is 10.2 Å². The van der Waals surface area contributed by atoms with Crippen LogP contribution in [0.2, 0.25) is 0 Å². The van der Waals surface area contributed by atoms with E-state index in [-0.39, 0.29) is 19.1 Å². The molecule has 0 spiro atoms. The van der Waals surface area contributed by atoms with Gasteiger partial charge in [-0.1, -0.05) is 6.07 Å². The Kier molecular flexibility index (Phi) is 3.86. The molecular formula is C14H16N6O2. The van der Waals surface area contributed by atoms with E-state index in [1.165, 1.54) is 0 Å². The van der Waals surface area contributed by atoms with Crippen molar-refractivity contribution in [2.45, 2.75) is 6.10 Å². The van der Waals surface area contributed by atoms with Crippen LogP contribution in [0.5, 0.6) is 0 Å². The number of benzene rings is 1. The van der Waals surface area contributed by atoms with Crippen molar-refractivity contribution in [3.8, 4) is 11.3 Å². The first-order valence-corrected chi connectivity index (χ1v) is 6.77. The Bertz CT molecular complexity index is 774. The molecule has 8 heteroatoms. The number of aliphatic hydroxyl groups is 2. The predicted octanol–water partition coefficient (Wildman–Crippen LogP) is 0.367. The fourth-order valence-electron chi connectivity index (χ4n) is 2.15. The summed E-state index contributed by atoms with van der Waals surface area (Å²) in [6.45, 7) is -0.153. The summed E-state index contributed by atoms with van der Waals surface area (Å²) in [5.74, 6) is 0.654. The highest BCUT2D eigenvalue weighted by molar-refractivity contribution is 5.92. The Balaban J connectivity index is 1.99. The third-order valence-corrected chi connectivity index (χ3v) is 3.24. The minimum Gasteiger partial charge on any atom is -0.394 e. The summed E-state index contributed by atoms with van der Waals surface area (Å²) in [5, 5.41) is 28.9. The number of H-pyrrole nitrogens is 1. The lowest BCUT2D eigenvalue weighted by atomic mass is 10.1. The SMILES string of the molecule is Nc1nc(NC[C@H](O)CO)c2ccc(-c3ccn[nH]3)cc2n1. The molecule has 2 aromatic heterocycles. The molecule has 114 valence electrons. The smallest absolute Gasteiger partial charge is 0.222 e. The topological polar surface area (TPSA) is 133 Å². The molecule has 0 saturated heterocycles. The van der Waals surface area contributed by atoms with E-state index in [1.807, 2.05) is 24.3 Å². The molecule has 1 aromatic carbocycles. The third-order valence-electron chi connectivity index (χ3n) is 3.24. The van der Waals surface area contributed by atoms with Crippen molar-refractivity contribution in [1.82, 2.24) is 20.2 Å². The van der Waals surface area contributed by atoms with Gasteiger partial charge in [-0.15, -0.1) is 0 Å². The van der Waals surface area contributed by atoms with Gasteiger partial charge < -0.3 is 21.3 Å². The first kappa shape index (κ1) is 14.2. The Morgan fingerprint density at radius 1 is 1.27 bits per heavy atom. The van der Waals surface area contributed by atoms with Crippen LogP contribution in [-0.2, 0) is 0 Å². The number of aromatic amines is 1. The van der Waals surface area contributed by atoms with Crippen LogP contribution in [-0.4, -0.2) is 49.6 Å². The van der Waals surface area contributed by atoms with Crippen molar-refractivity contribution >= 4 is 22.7 Å². The van der Waals surface area contributed by atoms with Crippen molar-refractivity contribution in [2.75, 3.05) is 24.2 Å². The largest absolute Gasteiger partial charge is 0.394 e. The molecule has 0 aliphatic heterocycles. The number of nitrogens with two attached hydrogens (primary N) is 1. The fourth-order valence-corrected chi connectivity index (χ4v) is 2.15. The van der Waals surface area contributed by atoms with E-state index in [0.29, 0.717) is 11.3 Å². The molecule has 1 atom stereocenters. The minimum atomic E-state index is -0.865. The zero-order valence-electron chi connectivity index (χ0n) is 11.7. The lowest BCUT2D eigenvalue weighted by molar-refractivity contribution is 0.105. The van der Waals surface area contributed by atoms with Crippen LogP contribution in [0.4, 0.5) is 11.8 Å². The second-order valence-electron chi connectivity index (χ2n) is 4.85. The molecule has 0 aliphatic carbocycles. The summed E-state index contributed by atoms with van der Waals surface area (Å²) in [6, 6.07) is 7.54. The first-order chi connectivity index (χ1) is 10.7. The van der Waals surface area contributed by atoms with Crippen molar-refractivity contribution in [3.05, 3.63) is 30.5 Å². The van der Waals surface area contributed by atoms with E-state index < -0.39 is 6.10 Å². The number of hydrogen-bond donors (Lipinski definition) is 5. The van der Waals surface area contributed by atoms with E-state index in [2.05, 4.69) is 25.5 Å². The number of nitrogens with one attached hydrogen (secondary N) is 2. The van der Waals surface area contributed by atoms with Gasteiger partial charge in [-0.05, 0) is 18.2 Å². The molecule has 22 heavy (non-hydrogen) atoms. The summed E-state index contributed by atoms with van der Waals surface area (Å²) in [6.07, 6.45) is 0.812.